The van der Waals surface area contributed by atoms with Crippen molar-refractivity contribution >= 4 is 5.91 Å². The average Bonchev–Trinajstić information content (AvgIpc) is 2.10. The fraction of sp³-hybridized carbons (Fsp3) is 0.600. The zero-order valence-corrected chi connectivity index (χ0v) is 8.55. The van der Waals surface area contributed by atoms with Crippen molar-refractivity contribution in [3.8, 4) is 6.07 Å². The maximum atomic E-state index is 11.5. The molecule has 1 saturated heterocycles. The Morgan fingerprint density at radius 3 is 2.79 bits per heavy atom. The Hall–Kier alpha value is -1.34. The summed E-state index contributed by atoms with van der Waals surface area (Å²) in [7, 11) is 0. The maximum Gasteiger partial charge on any atom is 0.247 e. The minimum atomic E-state index is -0.128. The summed E-state index contributed by atoms with van der Waals surface area (Å²) in [5.41, 5.74) is 1.95. The highest BCUT2D eigenvalue weighted by molar-refractivity contribution is 5.93. The molecule has 0 aromatic rings. The molecule has 0 spiro atoms. The zero-order chi connectivity index (χ0) is 10.6. The standard InChI is InChI=1S/C10H15N3O/c1-7(3-11)4-13-10(14)8(2)9-5-12-6-9/h7,12H,4-6H2,1-2H3,(H,13,14). The van der Waals surface area contributed by atoms with E-state index in [2.05, 4.69) is 16.7 Å². The molecule has 4 nitrogen and oxygen atoms in total. The van der Waals surface area contributed by atoms with Gasteiger partial charge in [-0.3, -0.25) is 4.79 Å². The van der Waals surface area contributed by atoms with Crippen molar-refractivity contribution < 1.29 is 4.79 Å². The number of nitrogens with one attached hydrogen (secondary N) is 2. The third kappa shape index (κ3) is 2.57. The molecule has 1 heterocycles. The van der Waals surface area contributed by atoms with E-state index in [-0.39, 0.29) is 11.8 Å². The van der Waals surface area contributed by atoms with Crippen LogP contribution in [0.25, 0.3) is 0 Å². The van der Waals surface area contributed by atoms with Crippen LogP contribution in [0, 0.1) is 17.2 Å². The summed E-state index contributed by atoms with van der Waals surface area (Å²) in [4.78, 5) is 11.5. The molecule has 1 rings (SSSR count). The molecule has 2 N–H and O–H groups in total. The van der Waals surface area contributed by atoms with Gasteiger partial charge in [-0.05, 0) is 19.4 Å². The summed E-state index contributed by atoms with van der Waals surface area (Å²) in [5.74, 6) is -0.181. The fourth-order valence-electron chi connectivity index (χ4n) is 1.10. The van der Waals surface area contributed by atoms with Gasteiger partial charge in [0.1, 0.15) is 0 Å². The van der Waals surface area contributed by atoms with E-state index in [1.165, 1.54) is 0 Å². The lowest BCUT2D eigenvalue weighted by molar-refractivity contribution is -0.117. The lowest BCUT2D eigenvalue weighted by atomic mass is 10.0. The van der Waals surface area contributed by atoms with Gasteiger partial charge in [-0.15, -0.1) is 0 Å². The van der Waals surface area contributed by atoms with Crippen molar-refractivity contribution in [2.75, 3.05) is 19.6 Å². The second-order valence-corrected chi connectivity index (χ2v) is 3.57. The molecule has 1 unspecified atom stereocenters. The monoisotopic (exact) mass is 193 g/mol. The van der Waals surface area contributed by atoms with Crippen LogP contribution in [0.2, 0.25) is 0 Å². The summed E-state index contributed by atoms with van der Waals surface area (Å²) in [5, 5.41) is 14.3. The van der Waals surface area contributed by atoms with E-state index >= 15 is 0 Å². The minimum Gasteiger partial charge on any atom is -0.351 e. The quantitative estimate of drug-likeness (QED) is 0.628. The van der Waals surface area contributed by atoms with Crippen molar-refractivity contribution in [1.82, 2.24) is 10.6 Å². The molecule has 1 amide bonds. The Balaban J connectivity index is 2.39. The zero-order valence-electron chi connectivity index (χ0n) is 8.55. The highest BCUT2D eigenvalue weighted by Gasteiger charge is 2.15. The molecular weight excluding hydrogens is 178 g/mol. The highest BCUT2D eigenvalue weighted by Crippen LogP contribution is 2.08. The third-order valence-corrected chi connectivity index (χ3v) is 2.34. The summed E-state index contributed by atoms with van der Waals surface area (Å²) in [6.07, 6.45) is 0. The van der Waals surface area contributed by atoms with E-state index in [4.69, 9.17) is 5.26 Å². The van der Waals surface area contributed by atoms with E-state index in [0.29, 0.717) is 6.54 Å². The highest BCUT2D eigenvalue weighted by atomic mass is 16.1. The molecule has 0 aliphatic carbocycles. The molecule has 0 radical (unpaired) electrons. The van der Waals surface area contributed by atoms with Crippen LogP contribution < -0.4 is 10.6 Å². The van der Waals surface area contributed by atoms with Crippen molar-refractivity contribution in [2.24, 2.45) is 5.92 Å². The molecule has 1 aliphatic heterocycles. The number of hydrogen-bond acceptors (Lipinski definition) is 3. The van der Waals surface area contributed by atoms with Gasteiger partial charge in [-0.1, -0.05) is 0 Å². The van der Waals surface area contributed by atoms with Crippen LogP contribution in [0.4, 0.5) is 0 Å². The van der Waals surface area contributed by atoms with Crippen molar-refractivity contribution in [1.29, 1.82) is 5.26 Å². The molecule has 4 heteroatoms. The second-order valence-electron chi connectivity index (χ2n) is 3.57. The molecule has 76 valence electrons. The normalized spacial score (nSPS) is 16.5. The van der Waals surface area contributed by atoms with Crippen molar-refractivity contribution in [3.63, 3.8) is 0 Å². The lowest BCUT2D eigenvalue weighted by Crippen LogP contribution is -2.38. The van der Waals surface area contributed by atoms with Gasteiger partial charge in [-0.25, -0.2) is 0 Å². The Morgan fingerprint density at radius 2 is 2.36 bits per heavy atom. The first kappa shape index (κ1) is 10.7. The average molecular weight is 193 g/mol. The van der Waals surface area contributed by atoms with Gasteiger partial charge in [0.15, 0.2) is 0 Å². The number of nitriles is 1. The van der Waals surface area contributed by atoms with Crippen LogP contribution in [-0.2, 0) is 4.79 Å². The largest absolute Gasteiger partial charge is 0.351 e. The van der Waals surface area contributed by atoms with Crippen molar-refractivity contribution in [3.05, 3.63) is 11.1 Å². The SMILES string of the molecule is CC(C(=O)NCC(C)C#N)=C1CNC1. The number of carbonyl (C=O) groups excluding carboxylic acids is 1. The smallest absolute Gasteiger partial charge is 0.247 e. The Bertz CT molecular complexity index is 295. The van der Waals surface area contributed by atoms with Gasteiger partial charge < -0.3 is 10.6 Å². The van der Waals surface area contributed by atoms with Crippen LogP contribution in [0.1, 0.15) is 13.8 Å². The van der Waals surface area contributed by atoms with Gasteiger partial charge in [0, 0.05) is 25.2 Å². The Kier molecular flexibility index (Phi) is 3.66. The van der Waals surface area contributed by atoms with Crippen LogP contribution in [0.15, 0.2) is 11.1 Å². The molecule has 0 bridgehead atoms. The van der Waals surface area contributed by atoms with E-state index in [9.17, 15) is 4.79 Å². The Morgan fingerprint density at radius 1 is 1.71 bits per heavy atom. The summed E-state index contributed by atoms with van der Waals surface area (Å²) < 4.78 is 0. The summed E-state index contributed by atoms with van der Waals surface area (Å²) in [6, 6.07) is 2.07. The number of rotatable bonds is 3. The first-order valence-corrected chi connectivity index (χ1v) is 4.72. The number of carbonyl (C=O) groups is 1. The number of nitrogens with zero attached hydrogens (tertiary/aromatic N) is 1. The summed E-state index contributed by atoms with van der Waals surface area (Å²) >= 11 is 0. The number of hydrogen-bond donors (Lipinski definition) is 2. The topological polar surface area (TPSA) is 64.9 Å². The first-order valence-electron chi connectivity index (χ1n) is 4.72. The van der Waals surface area contributed by atoms with Gasteiger partial charge in [0.2, 0.25) is 5.91 Å². The van der Waals surface area contributed by atoms with Gasteiger partial charge in [-0.2, -0.15) is 5.26 Å². The molecule has 1 fully saturated rings. The van der Waals surface area contributed by atoms with E-state index in [1.54, 1.807) is 6.92 Å². The number of amides is 1. The van der Waals surface area contributed by atoms with Crippen LogP contribution in [0.3, 0.4) is 0 Å². The minimum absolute atomic E-state index is 0.0522. The fourth-order valence-corrected chi connectivity index (χ4v) is 1.10. The molecular formula is C10H15N3O. The molecule has 0 aromatic carbocycles. The second kappa shape index (κ2) is 4.77. The Labute approximate surface area is 84.0 Å². The third-order valence-electron chi connectivity index (χ3n) is 2.34. The predicted molar refractivity (Wildman–Crippen MR) is 53.4 cm³/mol. The molecule has 1 atom stereocenters. The first-order chi connectivity index (χ1) is 6.65. The molecule has 1 aliphatic rings. The molecule has 0 saturated carbocycles. The van der Waals surface area contributed by atoms with Gasteiger partial charge >= 0.3 is 0 Å². The molecule has 0 aromatic heterocycles. The lowest BCUT2D eigenvalue weighted by Gasteiger charge is -2.21. The molecule has 14 heavy (non-hydrogen) atoms. The van der Waals surface area contributed by atoms with Crippen LogP contribution >= 0.6 is 0 Å². The van der Waals surface area contributed by atoms with Crippen molar-refractivity contribution in [2.45, 2.75) is 13.8 Å². The van der Waals surface area contributed by atoms with E-state index in [1.807, 2.05) is 6.92 Å². The van der Waals surface area contributed by atoms with E-state index in [0.717, 1.165) is 24.2 Å². The predicted octanol–water partition coefficient (Wildman–Crippen LogP) is 0.182. The van der Waals surface area contributed by atoms with Gasteiger partial charge in [0.25, 0.3) is 0 Å². The maximum absolute atomic E-state index is 11.5. The summed E-state index contributed by atoms with van der Waals surface area (Å²) in [6.45, 7) is 5.66. The van der Waals surface area contributed by atoms with Gasteiger partial charge in [0.05, 0.1) is 12.0 Å². The van der Waals surface area contributed by atoms with Crippen LogP contribution in [-0.4, -0.2) is 25.5 Å². The van der Waals surface area contributed by atoms with E-state index < -0.39 is 0 Å². The van der Waals surface area contributed by atoms with Crippen LogP contribution in [0.5, 0.6) is 0 Å².